The molecule has 8 heteroatoms. The van der Waals surface area contributed by atoms with Crippen LogP contribution in [0.5, 0.6) is 11.5 Å². The van der Waals surface area contributed by atoms with Gasteiger partial charge in [-0.15, -0.1) is 0 Å². The van der Waals surface area contributed by atoms with Gasteiger partial charge >= 0.3 is 0 Å². The fraction of sp³-hybridized carbons (Fsp3) is 0.125. The number of anilines is 1. The summed E-state index contributed by atoms with van der Waals surface area (Å²) in [5.41, 5.74) is 5.16. The first-order valence-electron chi connectivity index (χ1n) is 9.71. The van der Waals surface area contributed by atoms with Crippen LogP contribution < -0.4 is 20.2 Å². The number of amides is 2. The summed E-state index contributed by atoms with van der Waals surface area (Å²) in [6.45, 7) is 1.69. The highest BCUT2D eigenvalue weighted by Crippen LogP contribution is 2.27. The third-order valence-corrected chi connectivity index (χ3v) is 4.37. The van der Waals surface area contributed by atoms with E-state index in [-0.39, 0.29) is 18.3 Å². The largest absolute Gasteiger partial charge is 0.493 e. The van der Waals surface area contributed by atoms with E-state index in [1.54, 1.807) is 30.3 Å². The Balaban J connectivity index is 1.55. The predicted molar refractivity (Wildman–Crippen MR) is 120 cm³/mol. The van der Waals surface area contributed by atoms with Crippen molar-refractivity contribution in [2.45, 2.75) is 6.92 Å². The summed E-state index contributed by atoms with van der Waals surface area (Å²) in [5, 5.41) is 6.57. The molecular weight excluding hydrogens is 413 g/mol. The molecule has 0 atom stereocenters. The minimum absolute atomic E-state index is 0.256. The molecule has 164 valence electrons. The molecule has 2 amide bonds. The summed E-state index contributed by atoms with van der Waals surface area (Å²) in [5.74, 6) is -0.346. The van der Waals surface area contributed by atoms with Crippen LogP contribution in [-0.2, 0) is 4.79 Å². The van der Waals surface area contributed by atoms with Crippen molar-refractivity contribution in [3.05, 3.63) is 89.2 Å². The number of methoxy groups -OCH3 is 1. The second kappa shape index (κ2) is 10.7. The number of carbonyl (C=O) groups is 2. The standard InChI is InChI=1S/C24H22FN3O4/c1-16-3-6-18(7-4-16)24(30)28-26-14-17-5-12-21(22(13-17)31-2)32-15-23(29)27-20-10-8-19(25)9-11-20/h3-14H,15H2,1-2H3,(H,27,29)(H,28,30). The molecule has 3 aromatic carbocycles. The molecule has 0 bridgehead atoms. The maximum Gasteiger partial charge on any atom is 0.271 e. The monoisotopic (exact) mass is 435 g/mol. The average Bonchev–Trinajstić information content (AvgIpc) is 2.80. The van der Waals surface area contributed by atoms with Gasteiger partial charge in [0, 0.05) is 11.3 Å². The minimum atomic E-state index is -0.400. The Morgan fingerprint density at radius 2 is 1.72 bits per heavy atom. The molecule has 3 aromatic rings. The van der Waals surface area contributed by atoms with E-state index in [9.17, 15) is 14.0 Å². The topological polar surface area (TPSA) is 89.0 Å². The lowest BCUT2D eigenvalue weighted by atomic mass is 10.1. The quantitative estimate of drug-likeness (QED) is 0.415. The third kappa shape index (κ3) is 6.40. The number of ether oxygens (including phenoxy) is 2. The zero-order valence-electron chi connectivity index (χ0n) is 17.6. The zero-order chi connectivity index (χ0) is 22.9. The van der Waals surface area contributed by atoms with Gasteiger partial charge in [-0.25, -0.2) is 9.82 Å². The fourth-order valence-corrected chi connectivity index (χ4v) is 2.69. The number of halogens is 1. The third-order valence-electron chi connectivity index (χ3n) is 4.37. The van der Waals surface area contributed by atoms with Crippen molar-refractivity contribution >= 4 is 23.7 Å². The molecule has 0 saturated heterocycles. The summed E-state index contributed by atoms with van der Waals surface area (Å²) in [6, 6.07) is 17.6. The Morgan fingerprint density at radius 3 is 2.41 bits per heavy atom. The first kappa shape index (κ1) is 22.5. The van der Waals surface area contributed by atoms with E-state index in [1.807, 2.05) is 19.1 Å². The lowest BCUT2D eigenvalue weighted by molar-refractivity contribution is -0.118. The molecule has 0 heterocycles. The predicted octanol–water partition coefficient (Wildman–Crippen LogP) is 3.92. The number of hydrogen-bond acceptors (Lipinski definition) is 5. The van der Waals surface area contributed by atoms with E-state index in [4.69, 9.17) is 9.47 Å². The van der Waals surface area contributed by atoms with Crippen molar-refractivity contribution < 1.29 is 23.5 Å². The normalized spacial score (nSPS) is 10.6. The second-order valence-electron chi connectivity index (χ2n) is 6.82. The average molecular weight is 435 g/mol. The van der Waals surface area contributed by atoms with Crippen LogP contribution in [-0.4, -0.2) is 31.7 Å². The van der Waals surface area contributed by atoms with Gasteiger partial charge in [0.15, 0.2) is 18.1 Å². The van der Waals surface area contributed by atoms with E-state index in [1.165, 1.54) is 37.6 Å². The molecule has 0 saturated carbocycles. The highest BCUT2D eigenvalue weighted by atomic mass is 19.1. The second-order valence-corrected chi connectivity index (χ2v) is 6.82. The molecular formula is C24H22FN3O4. The molecule has 7 nitrogen and oxygen atoms in total. The molecule has 0 radical (unpaired) electrons. The van der Waals surface area contributed by atoms with Crippen LogP contribution >= 0.6 is 0 Å². The fourth-order valence-electron chi connectivity index (χ4n) is 2.69. The van der Waals surface area contributed by atoms with Crippen molar-refractivity contribution in [3.63, 3.8) is 0 Å². The first-order valence-corrected chi connectivity index (χ1v) is 9.71. The van der Waals surface area contributed by atoms with Gasteiger partial charge in [0.25, 0.3) is 11.8 Å². The minimum Gasteiger partial charge on any atom is -0.493 e. The Hall–Kier alpha value is -4.20. The Bertz CT molecular complexity index is 1110. The number of carbonyl (C=O) groups excluding carboxylic acids is 2. The lowest BCUT2D eigenvalue weighted by Crippen LogP contribution is -2.20. The van der Waals surface area contributed by atoms with Crippen LogP contribution in [0.25, 0.3) is 0 Å². The van der Waals surface area contributed by atoms with Gasteiger partial charge in [0.1, 0.15) is 5.82 Å². The number of rotatable bonds is 8. The Kier molecular flexibility index (Phi) is 7.53. The molecule has 0 aliphatic rings. The number of aryl methyl sites for hydroxylation is 1. The maximum absolute atomic E-state index is 12.9. The summed E-state index contributed by atoms with van der Waals surface area (Å²) in [4.78, 5) is 24.1. The molecule has 0 fully saturated rings. The maximum atomic E-state index is 12.9. The van der Waals surface area contributed by atoms with E-state index in [0.717, 1.165) is 5.56 Å². The van der Waals surface area contributed by atoms with Crippen LogP contribution in [0.2, 0.25) is 0 Å². The van der Waals surface area contributed by atoms with Gasteiger partial charge in [0.2, 0.25) is 0 Å². The van der Waals surface area contributed by atoms with E-state index < -0.39 is 5.91 Å². The van der Waals surface area contributed by atoms with E-state index in [2.05, 4.69) is 15.8 Å². The molecule has 3 rings (SSSR count). The van der Waals surface area contributed by atoms with Crippen LogP contribution in [0.1, 0.15) is 21.5 Å². The van der Waals surface area contributed by atoms with Gasteiger partial charge in [-0.2, -0.15) is 5.10 Å². The lowest BCUT2D eigenvalue weighted by Gasteiger charge is -2.11. The highest BCUT2D eigenvalue weighted by molar-refractivity contribution is 5.95. The van der Waals surface area contributed by atoms with Crippen LogP contribution in [0, 0.1) is 12.7 Å². The van der Waals surface area contributed by atoms with E-state index in [0.29, 0.717) is 28.3 Å². The van der Waals surface area contributed by atoms with Crippen molar-refractivity contribution in [2.24, 2.45) is 5.10 Å². The molecule has 0 spiro atoms. The van der Waals surface area contributed by atoms with Crippen LogP contribution in [0.15, 0.2) is 71.8 Å². The highest BCUT2D eigenvalue weighted by Gasteiger charge is 2.09. The summed E-state index contributed by atoms with van der Waals surface area (Å²) in [7, 11) is 1.47. The smallest absolute Gasteiger partial charge is 0.271 e. The number of nitrogens with zero attached hydrogens (tertiary/aromatic N) is 1. The summed E-state index contributed by atoms with van der Waals surface area (Å²) < 4.78 is 23.8. The van der Waals surface area contributed by atoms with Gasteiger partial charge < -0.3 is 14.8 Å². The molecule has 2 N–H and O–H groups in total. The van der Waals surface area contributed by atoms with Gasteiger partial charge in [-0.1, -0.05) is 17.7 Å². The van der Waals surface area contributed by atoms with Gasteiger partial charge in [-0.3, -0.25) is 9.59 Å². The van der Waals surface area contributed by atoms with Gasteiger partial charge in [-0.05, 0) is 67.1 Å². The van der Waals surface area contributed by atoms with Crippen molar-refractivity contribution in [2.75, 3.05) is 19.0 Å². The number of hydrazone groups is 1. The summed E-state index contributed by atoms with van der Waals surface area (Å²) in [6.07, 6.45) is 1.47. The first-order chi connectivity index (χ1) is 15.4. The molecule has 0 aliphatic heterocycles. The van der Waals surface area contributed by atoms with Crippen molar-refractivity contribution in [1.29, 1.82) is 0 Å². The molecule has 32 heavy (non-hydrogen) atoms. The Morgan fingerprint density at radius 1 is 1.00 bits per heavy atom. The molecule has 0 unspecified atom stereocenters. The Labute approximate surface area is 184 Å². The van der Waals surface area contributed by atoms with Crippen molar-refractivity contribution in [1.82, 2.24) is 5.43 Å². The van der Waals surface area contributed by atoms with Crippen LogP contribution in [0.4, 0.5) is 10.1 Å². The zero-order valence-corrected chi connectivity index (χ0v) is 17.6. The molecule has 0 aromatic heterocycles. The van der Waals surface area contributed by atoms with Crippen molar-refractivity contribution in [3.8, 4) is 11.5 Å². The number of nitrogens with one attached hydrogen (secondary N) is 2. The number of hydrogen-bond donors (Lipinski definition) is 2. The SMILES string of the molecule is COc1cc(C=NNC(=O)c2ccc(C)cc2)ccc1OCC(=O)Nc1ccc(F)cc1. The molecule has 0 aliphatic carbocycles. The summed E-state index contributed by atoms with van der Waals surface area (Å²) >= 11 is 0. The van der Waals surface area contributed by atoms with E-state index >= 15 is 0 Å². The van der Waals surface area contributed by atoms with Crippen LogP contribution in [0.3, 0.4) is 0 Å². The van der Waals surface area contributed by atoms with Gasteiger partial charge in [0.05, 0.1) is 13.3 Å². The number of benzene rings is 3.